The molecule has 2 rings (SSSR count). The second kappa shape index (κ2) is 7.21. The van der Waals surface area contributed by atoms with Gasteiger partial charge in [0, 0.05) is 11.1 Å². The lowest BCUT2D eigenvalue weighted by atomic mass is 9.98. The first-order valence-corrected chi connectivity index (χ1v) is 7.39. The maximum Gasteiger partial charge on any atom is 0.142 e. The fraction of sp³-hybridized carbons (Fsp3) is 0.250. The predicted molar refractivity (Wildman–Crippen MR) is 82.9 cm³/mol. The summed E-state index contributed by atoms with van der Waals surface area (Å²) >= 11 is 11.8. The summed E-state index contributed by atoms with van der Waals surface area (Å²) in [4.78, 5) is 0. The number of nitrogens with one attached hydrogen (secondary N) is 1. The molecular formula is C16H15Cl2F2N. The summed E-state index contributed by atoms with van der Waals surface area (Å²) in [5.41, 5.74) is 1.12. The van der Waals surface area contributed by atoms with Gasteiger partial charge in [0.15, 0.2) is 0 Å². The van der Waals surface area contributed by atoms with Crippen molar-refractivity contribution >= 4 is 23.2 Å². The van der Waals surface area contributed by atoms with E-state index >= 15 is 0 Å². The lowest BCUT2D eigenvalue weighted by molar-refractivity contribution is 0.524. The summed E-state index contributed by atoms with van der Waals surface area (Å²) in [5.74, 6) is -0.855. The van der Waals surface area contributed by atoms with Crippen LogP contribution in [0.2, 0.25) is 10.0 Å². The van der Waals surface area contributed by atoms with Crippen molar-refractivity contribution in [3.05, 3.63) is 69.2 Å². The van der Waals surface area contributed by atoms with Gasteiger partial charge in [-0.05, 0) is 42.3 Å². The first-order chi connectivity index (χ1) is 10.0. The van der Waals surface area contributed by atoms with Crippen molar-refractivity contribution in [2.45, 2.75) is 19.4 Å². The first-order valence-electron chi connectivity index (χ1n) is 6.64. The van der Waals surface area contributed by atoms with Crippen molar-refractivity contribution in [1.29, 1.82) is 0 Å². The SMILES string of the molecule is CCNC(Cc1ccc(Cl)cc1F)c1cccc(F)c1Cl. The molecule has 21 heavy (non-hydrogen) atoms. The van der Waals surface area contributed by atoms with Gasteiger partial charge in [0.2, 0.25) is 0 Å². The van der Waals surface area contributed by atoms with E-state index in [9.17, 15) is 8.78 Å². The number of benzene rings is 2. The third-order valence-corrected chi connectivity index (χ3v) is 3.88. The third kappa shape index (κ3) is 3.94. The summed E-state index contributed by atoms with van der Waals surface area (Å²) in [5, 5.41) is 3.62. The highest BCUT2D eigenvalue weighted by molar-refractivity contribution is 6.31. The molecule has 0 aliphatic rings. The molecule has 2 aromatic rings. The first kappa shape index (κ1) is 16.2. The molecule has 0 heterocycles. The second-order valence-electron chi connectivity index (χ2n) is 4.69. The summed E-state index contributed by atoms with van der Waals surface area (Å²) in [6.07, 6.45) is 0.361. The van der Waals surface area contributed by atoms with Crippen LogP contribution in [0.15, 0.2) is 36.4 Å². The molecule has 0 amide bonds. The number of halogens is 4. The summed E-state index contributed by atoms with van der Waals surface area (Å²) in [6.45, 7) is 2.59. The van der Waals surface area contributed by atoms with Gasteiger partial charge in [-0.25, -0.2) is 8.78 Å². The van der Waals surface area contributed by atoms with Gasteiger partial charge in [0.1, 0.15) is 11.6 Å². The van der Waals surface area contributed by atoms with Crippen LogP contribution in [0.3, 0.4) is 0 Å². The van der Waals surface area contributed by atoms with Gasteiger partial charge in [0.05, 0.1) is 5.02 Å². The van der Waals surface area contributed by atoms with E-state index in [1.807, 2.05) is 6.92 Å². The molecule has 0 radical (unpaired) electrons. The Hall–Kier alpha value is -1.16. The monoisotopic (exact) mass is 329 g/mol. The zero-order valence-electron chi connectivity index (χ0n) is 11.5. The Labute approximate surface area is 132 Å². The number of hydrogen-bond donors (Lipinski definition) is 1. The molecule has 0 spiro atoms. The molecule has 0 fully saturated rings. The normalized spacial score (nSPS) is 12.4. The van der Waals surface area contributed by atoms with Gasteiger partial charge in [-0.1, -0.05) is 48.3 Å². The molecule has 2 aromatic carbocycles. The third-order valence-electron chi connectivity index (χ3n) is 3.25. The van der Waals surface area contributed by atoms with E-state index < -0.39 is 5.82 Å². The quantitative estimate of drug-likeness (QED) is 0.798. The standard InChI is InChI=1S/C16H15Cl2F2N/c1-2-21-15(12-4-3-5-13(19)16(12)18)8-10-6-7-11(17)9-14(10)20/h3-7,9,15,21H,2,8H2,1H3. The van der Waals surface area contributed by atoms with E-state index in [0.717, 1.165) is 0 Å². The predicted octanol–water partition coefficient (Wildman–Crippen LogP) is 5.16. The lowest BCUT2D eigenvalue weighted by Crippen LogP contribution is -2.24. The molecular weight excluding hydrogens is 315 g/mol. The van der Waals surface area contributed by atoms with Crippen LogP contribution in [-0.4, -0.2) is 6.54 Å². The average molecular weight is 330 g/mol. The Morgan fingerprint density at radius 2 is 1.86 bits per heavy atom. The van der Waals surface area contributed by atoms with E-state index in [-0.39, 0.29) is 16.9 Å². The highest BCUT2D eigenvalue weighted by Gasteiger charge is 2.18. The van der Waals surface area contributed by atoms with Crippen LogP contribution in [0.25, 0.3) is 0 Å². The van der Waals surface area contributed by atoms with Crippen LogP contribution >= 0.6 is 23.2 Å². The Balaban J connectivity index is 2.33. The number of likely N-dealkylation sites (N-methyl/N-ethyl adjacent to an activating group) is 1. The fourth-order valence-electron chi connectivity index (χ4n) is 2.24. The van der Waals surface area contributed by atoms with Gasteiger partial charge in [-0.15, -0.1) is 0 Å². The highest BCUT2D eigenvalue weighted by Crippen LogP contribution is 2.29. The van der Waals surface area contributed by atoms with Crippen molar-refractivity contribution in [3.63, 3.8) is 0 Å². The fourth-order valence-corrected chi connectivity index (χ4v) is 2.65. The second-order valence-corrected chi connectivity index (χ2v) is 5.51. The summed E-state index contributed by atoms with van der Waals surface area (Å²) < 4.78 is 27.5. The maximum absolute atomic E-state index is 13.9. The molecule has 1 nitrogen and oxygen atoms in total. The topological polar surface area (TPSA) is 12.0 Å². The van der Waals surface area contributed by atoms with Crippen molar-refractivity contribution in [1.82, 2.24) is 5.32 Å². The molecule has 0 saturated heterocycles. The molecule has 0 aliphatic heterocycles. The van der Waals surface area contributed by atoms with E-state index in [4.69, 9.17) is 23.2 Å². The molecule has 0 saturated carbocycles. The Kier molecular flexibility index (Phi) is 5.57. The summed E-state index contributed by atoms with van der Waals surface area (Å²) in [7, 11) is 0. The molecule has 1 unspecified atom stereocenters. The largest absolute Gasteiger partial charge is 0.310 e. The van der Waals surface area contributed by atoms with Crippen molar-refractivity contribution < 1.29 is 8.78 Å². The Bertz CT molecular complexity index is 632. The van der Waals surface area contributed by atoms with Gasteiger partial charge < -0.3 is 5.32 Å². The minimum atomic E-state index is -0.478. The van der Waals surface area contributed by atoms with E-state index in [2.05, 4.69) is 5.32 Å². The van der Waals surface area contributed by atoms with Crippen LogP contribution in [0.4, 0.5) is 8.78 Å². The minimum absolute atomic E-state index is 0.0674. The smallest absolute Gasteiger partial charge is 0.142 e. The van der Waals surface area contributed by atoms with Gasteiger partial charge in [-0.2, -0.15) is 0 Å². The van der Waals surface area contributed by atoms with Crippen molar-refractivity contribution in [2.75, 3.05) is 6.54 Å². The number of rotatable bonds is 5. The molecule has 5 heteroatoms. The average Bonchev–Trinajstić information content (AvgIpc) is 2.44. The Morgan fingerprint density at radius 3 is 2.52 bits per heavy atom. The van der Waals surface area contributed by atoms with Crippen molar-refractivity contribution in [2.24, 2.45) is 0 Å². The molecule has 112 valence electrons. The van der Waals surface area contributed by atoms with Crippen LogP contribution in [0.5, 0.6) is 0 Å². The summed E-state index contributed by atoms with van der Waals surface area (Å²) in [6, 6.07) is 8.91. The molecule has 1 atom stereocenters. The molecule has 1 N–H and O–H groups in total. The van der Waals surface area contributed by atoms with Crippen LogP contribution in [-0.2, 0) is 6.42 Å². The lowest BCUT2D eigenvalue weighted by Gasteiger charge is -2.20. The van der Waals surface area contributed by atoms with Crippen LogP contribution in [0, 0.1) is 11.6 Å². The molecule has 0 aromatic heterocycles. The molecule has 0 aliphatic carbocycles. The van der Waals surface area contributed by atoms with E-state index in [0.29, 0.717) is 29.1 Å². The van der Waals surface area contributed by atoms with Crippen molar-refractivity contribution in [3.8, 4) is 0 Å². The minimum Gasteiger partial charge on any atom is -0.310 e. The highest BCUT2D eigenvalue weighted by atomic mass is 35.5. The maximum atomic E-state index is 13.9. The van der Waals surface area contributed by atoms with Gasteiger partial charge in [-0.3, -0.25) is 0 Å². The zero-order chi connectivity index (χ0) is 15.4. The molecule has 0 bridgehead atoms. The zero-order valence-corrected chi connectivity index (χ0v) is 13.0. The van der Waals surface area contributed by atoms with E-state index in [1.165, 1.54) is 12.1 Å². The van der Waals surface area contributed by atoms with Crippen LogP contribution < -0.4 is 5.32 Å². The van der Waals surface area contributed by atoms with Gasteiger partial charge >= 0.3 is 0 Å². The van der Waals surface area contributed by atoms with E-state index in [1.54, 1.807) is 24.3 Å². The van der Waals surface area contributed by atoms with Crippen LogP contribution in [0.1, 0.15) is 24.1 Å². The Morgan fingerprint density at radius 1 is 1.10 bits per heavy atom. The number of hydrogen-bond acceptors (Lipinski definition) is 1. The van der Waals surface area contributed by atoms with Gasteiger partial charge in [0.25, 0.3) is 0 Å².